The van der Waals surface area contributed by atoms with Crippen LogP contribution < -0.4 is 5.32 Å². The van der Waals surface area contributed by atoms with Crippen LogP contribution in [0.15, 0.2) is 12.2 Å². The molecule has 2 unspecified atom stereocenters. The molecule has 0 aliphatic carbocycles. The Morgan fingerprint density at radius 3 is 2.67 bits per heavy atom. The van der Waals surface area contributed by atoms with Gasteiger partial charge in [0.05, 0.1) is 6.10 Å². The molecule has 0 aromatic rings. The Kier molecular flexibility index (Phi) is 1.88. The van der Waals surface area contributed by atoms with Crippen LogP contribution in [0, 0.1) is 0 Å². The van der Waals surface area contributed by atoms with E-state index in [2.05, 4.69) is 11.9 Å². The zero-order chi connectivity index (χ0) is 6.85. The van der Waals surface area contributed by atoms with E-state index in [9.17, 15) is 0 Å². The molecule has 0 bridgehead atoms. The molecule has 0 aromatic heterocycles. The van der Waals surface area contributed by atoms with Gasteiger partial charge >= 0.3 is 0 Å². The smallest absolute Gasteiger partial charge is 0.0682 e. The summed E-state index contributed by atoms with van der Waals surface area (Å²) in [6.45, 7) is 6.50. The van der Waals surface area contributed by atoms with Gasteiger partial charge in [0.15, 0.2) is 0 Å². The minimum Gasteiger partial charge on any atom is -0.392 e. The summed E-state index contributed by atoms with van der Waals surface area (Å²) in [5, 5.41) is 12.2. The Bertz CT molecular complexity index is 122. The highest BCUT2D eigenvalue weighted by molar-refractivity contribution is 5.05. The van der Waals surface area contributed by atoms with Gasteiger partial charge in [-0.25, -0.2) is 0 Å². The highest BCUT2D eigenvalue weighted by Gasteiger charge is 2.21. The van der Waals surface area contributed by atoms with E-state index in [-0.39, 0.29) is 6.10 Å². The summed E-state index contributed by atoms with van der Waals surface area (Å²) < 4.78 is 0. The Balaban J connectivity index is 2.39. The van der Waals surface area contributed by atoms with Crippen LogP contribution in [0.5, 0.6) is 0 Å². The molecule has 1 aliphatic heterocycles. The maximum Gasteiger partial charge on any atom is 0.0682 e. The fourth-order valence-corrected chi connectivity index (χ4v) is 1.09. The van der Waals surface area contributed by atoms with E-state index in [1.807, 2.05) is 6.92 Å². The summed E-state index contributed by atoms with van der Waals surface area (Å²) in [6, 6.07) is 0.347. The van der Waals surface area contributed by atoms with Crippen molar-refractivity contribution in [3.63, 3.8) is 0 Å². The molecule has 1 rings (SSSR count). The van der Waals surface area contributed by atoms with Crippen LogP contribution in [-0.2, 0) is 0 Å². The van der Waals surface area contributed by atoms with Gasteiger partial charge in [-0.3, -0.25) is 0 Å². The van der Waals surface area contributed by atoms with E-state index in [4.69, 9.17) is 5.11 Å². The number of nitrogens with one attached hydrogen (secondary N) is 1. The van der Waals surface area contributed by atoms with E-state index in [1.165, 1.54) is 0 Å². The molecule has 0 radical (unpaired) electrons. The SMILES string of the molecule is C=C(C)C1CC(O)CN1. The molecule has 1 heterocycles. The first-order valence-electron chi connectivity index (χ1n) is 3.27. The van der Waals surface area contributed by atoms with Gasteiger partial charge in [0, 0.05) is 12.6 Å². The third-order valence-corrected chi connectivity index (χ3v) is 1.70. The van der Waals surface area contributed by atoms with Gasteiger partial charge in [-0.1, -0.05) is 12.2 Å². The number of β-amino-alcohol motifs (C(OH)–C–C–N with tert-alkyl or cyclic N) is 1. The Hall–Kier alpha value is -0.340. The average Bonchev–Trinajstić information content (AvgIpc) is 2.14. The molecule has 1 fully saturated rings. The normalized spacial score (nSPS) is 34.9. The molecule has 52 valence electrons. The van der Waals surface area contributed by atoms with Crippen LogP contribution in [-0.4, -0.2) is 23.8 Å². The third kappa shape index (κ3) is 1.53. The summed E-state index contributed by atoms with van der Waals surface area (Å²) >= 11 is 0. The van der Waals surface area contributed by atoms with E-state index >= 15 is 0 Å². The fourth-order valence-electron chi connectivity index (χ4n) is 1.09. The molecular weight excluding hydrogens is 114 g/mol. The first-order valence-corrected chi connectivity index (χ1v) is 3.27. The first kappa shape index (κ1) is 6.78. The molecular formula is C7H13NO. The number of rotatable bonds is 1. The highest BCUT2D eigenvalue weighted by Crippen LogP contribution is 2.11. The molecule has 2 atom stereocenters. The third-order valence-electron chi connectivity index (χ3n) is 1.70. The van der Waals surface area contributed by atoms with E-state index < -0.39 is 0 Å². The van der Waals surface area contributed by atoms with E-state index in [0.29, 0.717) is 6.04 Å². The lowest BCUT2D eigenvalue weighted by Gasteiger charge is -2.06. The maximum atomic E-state index is 9.04. The fraction of sp³-hybridized carbons (Fsp3) is 0.714. The summed E-state index contributed by atoms with van der Waals surface area (Å²) in [6.07, 6.45) is 0.668. The predicted molar refractivity (Wildman–Crippen MR) is 37.2 cm³/mol. The van der Waals surface area contributed by atoms with Crippen molar-refractivity contribution in [3.8, 4) is 0 Å². The van der Waals surface area contributed by atoms with Gasteiger partial charge in [-0.15, -0.1) is 0 Å². The van der Waals surface area contributed by atoms with Crippen molar-refractivity contribution in [1.29, 1.82) is 0 Å². The highest BCUT2D eigenvalue weighted by atomic mass is 16.3. The standard InChI is InChI=1S/C7H13NO/c1-5(2)7-3-6(9)4-8-7/h6-9H,1,3-4H2,2H3. The minimum absolute atomic E-state index is 0.160. The molecule has 1 aliphatic rings. The van der Waals surface area contributed by atoms with Gasteiger partial charge in [0.25, 0.3) is 0 Å². The molecule has 0 aromatic carbocycles. The predicted octanol–water partition coefficient (Wildman–Crippen LogP) is 0.285. The molecule has 0 amide bonds. The van der Waals surface area contributed by atoms with E-state index in [0.717, 1.165) is 18.5 Å². The summed E-state index contributed by atoms with van der Waals surface area (Å²) in [7, 11) is 0. The second kappa shape index (κ2) is 2.50. The second-order valence-electron chi connectivity index (χ2n) is 2.70. The molecule has 2 N–H and O–H groups in total. The topological polar surface area (TPSA) is 32.3 Å². The lowest BCUT2D eigenvalue weighted by Crippen LogP contribution is -2.21. The second-order valence-corrected chi connectivity index (χ2v) is 2.70. The Morgan fingerprint density at radius 1 is 1.78 bits per heavy atom. The molecule has 9 heavy (non-hydrogen) atoms. The van der Waals surface area contributed by atoms with E-state index in [1.54, 1.807) is 0 Å². The van der Waals surface area contributed by atoms with Gasteiger partial charge in [-0.05, 0) is 13.3 Å². The number of hydrogen-bond acceptors (Lipinski definition) is 2. The summed E-state index contributed by atoms with van der Waals surface area (Å²) in [5.41, 5.74) is 1.12. The minimum atomic E-state index is -0.160. The quantitative estimate of drug-likeness (QED) is 0.496. The van der Waals surface area contributed by atoms with Gasteiger partial charge in [0.2, 0.25) is 0 Å². The lowest BCUT2D eigenvalue weighted by molar-refractivity contribution is 0.194. The van der Waals surface area contributed by atoms with Gasteiger partial charge in [0.1, 0.15) is 0 Å². The monoisotopic (exact) mass is 127 g/mol. The molecule has 0 saturated carbocycles. The summed E-state index contributed by atoms with van der Waals surface area (Å²) in [5.74, 6) is 0. The van der Waals surface area contributed by atoms with Crippen molar-refractivity contribution in [3.05, 3.63) is 12.2 Å². The summed E-state index contributed by atoms with van der Waals surface area (Å²) in [4.78, 5) is 0. The average molecular weight is 127 g/mol. The largest absolute Gasteiger partial charge is 0.392 e. The van der Waals surface area contributed by atoms with Crippen LogP contribution in [0.3, 0.4) is 0 Å². The zero-order valence-electron chi connectivity index (χ0n) is 5.72. The number of hydrogen-bond donors (Lipinski definition) is 2. The van der Waals surface area contributed by atoms with Crippen LogP contribution in [0.4, 0.5) is 0 Å². The number of aliphatic hydroxyl groups excluding tert-OH is 1. The molecule has 2 nitrogen and oxygen atoms in total. The van der Waals surface area contributed by atoms with Gasteiger partial charge in [-0.2, -0.15) is 0 Å². The Labute approximate surface area is 55.6 Å². The first-order chi connectivity index (χ1) is 4.20. The zero-order valence-corrected chi connectivity index (χ0v) is 5.72. The van der Waals surface area contributed by atoms with Crippen molar-refractivity contribution >= 4 is 0 Å². The molecule has 2 heteroatoms. The van der Waals surface area contributed by atoms with Crippen LogP contribution in [0.1, 0.15) is 13.3 Å². The number of aliphatic hydroxyl groups is 1. The van der Waals surface area contributed by atoms with Crippen LogP contribution in [0.25, 0.3) is 0 Å². The lowest BCUT2D eigenvalue weighted by atomic mass is 10.1. The van der Waals surface area contributed by atoms with Crippen molar-refractivity contribution in [1.82, 2.24) is 5.32 Å². The van der Waals surface area contributed by atoms with Crippen molar-refractivity contribution in [2.75, 3.05) is 6.54 Å². The van der Waals surface area contributed by atoms with Crippen LogP contribution in [0.2, 0.25) is 0 Å². The van der Waals surface area contributed by atoms with Crippen molar-refractivity contribution in [2.24, 2.45) is 0 Å². The molecule has 1 saturated heterocycles. The van der Waals surface area contributed by atoms with Crippen molar-refractivity contribution in [2.45, 2.75) is 25.5 Å². The maximum absolute atomic E-state index is 9.04. The van der Waals surface area contributed by atoms with Crippen molar-refractivity contribution < 1.29 is 5.11 Å². The van der Waals surface area contributed by atoms with Crippen LogP contribution >= 0.6 is 0 Å². The van der Waals surface area contributed by atoms with Gasteiger partial charge < -0.3 is 10.4 Å². The Morgan fingerprint density at radius 2 is 2.44 bits per heavy atom. The molecule has 0 spiro atoms.